The number of carbonyl (C=O) groups excluding carboxylic acids is 1. The second-order valence-corrected chi connectivity index (χ2v) is 10.9. The number of amides is 1. The van der Waals surface area contributed by atoms with Gasteiger partial charge >= 0.3 is 0 Å². The van der Waals surface area contributed by atoms with Gasteiger partial charge in [0.1, 0.15) is 0 Å². The molecule has 1 aliphatic rings. The molecule has 2 heterocycles. The number of anilines is 1. The number of aryl methyl sites for hydroxylation is 1. The highest BCUT2D eigenvalue weighted by molar-refractivity contribution is 7.99. The number of hydrogen-bond acceptors (Lipinski definition) is 5. The second-order valence-electron chi connectivity index (χ2n) is 8.28. The highest BCUT2D eigenvalue weighted by atomic mass is 32.2. The third-order valence-electron chi connectivity index (χ3n) is 5.44. The van der Waals surface area contributed by atoms with Crippen molar-refractivity contribution < 1.29 is 9.53 Å². The van der Waals surface area contributed by atoms with Crippen LogP contribution in [0, 0.1) is 0 Å². The van der Waals surface area contributed by atoms with E-state index in [0.29, 0.717) is 18.2 Å². The van der Waals surface area contributed by atoms with Crippen LogP contribution in [0.4, 0.5) is 5.13 Å². The molecule has 0 saturated carbocycles. The number of thioether (sulfide) groups is 1. The van der Waals surface area contributed by atoms with Crippen molar-refractivity contribution in [2.24, 2.45) is 0 Å². The van der Waals surface area contributed by atoms with Crippen LogP contribution in [0.2, 0.25) is 0 Å². The van der Waals surface area contributed by atoms with Gasteiger partial charge in [0.15, 0.2) is 5.13 Å². The molecule has 1 aromatic heterocycles. The molecule has 6 heteroatoms. The molecule has 4 nitrogen and oxygen atoms in total. The Morgan fingerprint density at radius 2 is 2.00 bits per heavy atom. The quantitative estimate of drug-likeness (QED) is 0.385. The van der Waals surface area contributed by atoms with Gasteiger partial charge in [-0.05, 0) is 54.7 Å². The summed E-state index contributed by atoms with van der Waals surface area (Å²) in [7, 11) is 0. The average molecular weight is 455 g/mol. The SMILES string of the molecule is CCc1ccc2nc(N(CC3CCCO3)C(=O)Cc3ccc(SC(C)C)cc3)sc2c1. The summed E-state index contributed by atoms with van der Waals surface area (Å²) in [6.45, 7) is 7.88. The number of carbonyl (C=O) groups is 1. The highest BCUT2D eigenvalue weighted by Crippen LogP contribution is 2.31. The number of rotatable bonds is 8. The smallest absolute Gasteiger partial charge is 0.233 e. The van der Waals surface area contributed by atoms with Gasteiger partial charge in [-0.3, -0.25) is 9.69 Å². The van der Waals surface area contributed by atoms with E-state index < -0.39 is 0 Å². The summed E-state index contributed by atoms with van der Waals surface area (Å²) >= 11 is 3.44. The first-order chi connectivity index (χ1) is 15.0. The number of ether oxygens (including phenoxy) is 1. The lowest BCUT2D eigenvalue weighted by Gasteiger charge is -2.23. The van der Waals surface area contributed by atoms with E-state index in [9.17, 15) is 4.79 Å². The van der Waals surface area contributed by atoms with Crippen LogP contribution in [0.3, 0.4) is 0 Å². The Kier molecular flexibility index (Phi) is 7.31. The van der Waals surface area contributed by atoms with Crippen molar-refractivity contribution in [2.45, 2.75) is 62.7 Å². The monoisotopic (exact) mass is 454 g/mol. The first kappa shape index (κ1) is 22.3. The normalized spacial score (nSPS) is 16.3. The van der Waals surface area contributed by atoms with Gasteiger partial charge in [0.25, 0.3) is 0 Å². The fraction of sp³-hybridized carbons (Fsp3) is 0.440. The van der Waals surface area contributed by atoms with E-state index in [1.165, 1.54) is 10.5 Å². The molecule has 0 bridgehead atoms. The highest BCUT2D eigenvalue weighted by Gasteiger charge is 2.26. The number of thiazole rings is 1. The van der Waals surface area contributed by atoms with E-state index in [2.05, 4.69) is 63.2 Å². The van der Waals surface area contributed by atoms with Crippen molar-refractivity contribution in [3.8, 4) is 0 Å². The lowest BCUT2D eigenvalue weighted by molar-refractivity contribution is -0.118. The largest absolute Gasteiger partial charge is 0.376 e. The average Bonchev–Trinajstić information content (AvgIpc) is 3.41. The first-order valence-electron chi connectivity index (χ1n) is 11.1. The maximum atomic E-state index is 13.4. The number of hydrogen-bond donors (Lipinski definition) is 0. The predicted octanol–water partition coefficient (Wildman–Crippen LogP) is 6.11. The maximum absolute atomic E-state index is 13.4. The molecule has 0 radical (unpaired) electrons. The minimum Gasteiger partial charge on any atom is -0.376 e. The van der Waals surface area contributed by atoms with Crippen LogP contribution >= 0.6 is 23.1 Å². The van der Waals surface area contributed by atoms with E-state index >= 15 is 0 Å². The molecule has 0 N–H and O–H groups in total. The summed E-state index contributed by atoms with van der Waals surface area (Å²) in [5.74, 6) is 0.0783. The summed E-state index contributed by atoms with van der Waals surface area (Å²) in [6.07, 6.45) is 3.51. The molecule has 164 valence electrons. The van der Waals surface area contributed by atoms with Crippen LogP contribution in [-0.4, -0.2) is 35.4 Å². The summed E-state index contributed by atoms with van der Waals surface area (Å²) in [5.41, 5.74) is 3.28. The van der Waals surface area contributed by atoms with Crippen LogP contribution < -0.4 is 4.90 Å². The summed E-state index contributed by atoms with van der Waals surface area (Å²) in [6, 6.07) is 14.7. The molecule has 1 aliphatic heterocycles. The topological polar surface area (TPSA) is 42.4 Å². The Balaban J connectivity index is 1.56. The Morgan fingerprint density at radius 1 is 1.23 bits per heavy atom. The lowest BCUT2D eigenvalue weighted by atomic mass is 10.1. The molecule has 31 heavy (non-hydrogen) atoms. The van der Waals surface area contributed by atoms with Crippen molar-refractivity contribution in [1.29, 1.82) is 0 Å². The predicted molar refractivity (Wildman–Crippen MR) is 131 cm³/mol. The molecular formula is C25H30N2O2S2. The number of nitrogens with zero attached hydrogens (tertiary/aromatic N) is 2. The van der Waals surface area contributed by atoms with E-state index in [1.54, 1.807) is 11.3 Å². The number of fused-ring (bicyclic) bond motifs is 1. The van der Waals surface area contributed by atoms with Crippen LogP contribution in [0.25, 0.3) is 10.2 Å². The minimum absolute atomic E-state index is 0.0783. The van der Waals surface area contributed by atoms with Crippen molar-refractivity contribution in [3.63, 3.8) is 0 Å². The fourth-order valence-electron chi connectivity index (χ4n) is 3.80. The third kappa shape index (κ3) is 5.68. The van der Waals surface area contributed by atoms with Gasteiger partial charge in [-0.1, -0.05) is 50.3 Å². The van der Waals surface area contributed by atoms with Crippen molar-refractivity contribution in [3.05, 3.63) is 53.6 Å². The van der Waals surface area contributed by atoms with Crippen LogP contribution in [-0.2, 0) is 22.4 Å². The fourth-order valence-corrected chi connectivity index (χ4v) is 5.69. The van der Waals surface area contributed by atoms with Gasteiger partial charge in [-0.25, -0.2) is 4.98 Å². The van der Waals surface area contributed by atoms with Gasteiger partial charge in [-0.2, -0.15) is 0 Å². The molecule has 0 spiro atoms. The molecule has 0 aliphatic carbocycles. The number of aromatic nitrogens is 1. The zero-order valence-corrected chi connectivity index (χ0v) is 20.1. The molecular weight excluding hydrogens is 424 g/mol. The Bertz CT molecular complexity index is 1020. The maximum Gasteiger partial charge on any atom is 0.233 e. The van der Waals surface area contributed by atoms with Crippen LogP contribution in [0.15, 0.2) is 47.4 Å². The van der Waals surface area contributed by atoms with Gasteiger partial charge in [0, 0.05) is 16.8 Å². The minimum atomic E-state index is 0.0783. The summed E-state index contributed by atoms with van der Waals surface area (Å²) < 4.78 is 6.98. The first-order valence-corrected chi connectivity index (χ1v) is 12.8. The van der Waals surface area contributed by atoms with E-state index in [0.717, 1.165) is 46.8 Å². The third-order valence-corrected chi connectivity index (χ3v) is 7.50. The van der Waals surface area contributed by atoms with E-state index in [-0.39, 0.29) is 12.0 Å². The molecule has 2 aromatic carbocycles. The molecule has 1 saturated heterocycles. The Hall–Kier alpha value is -1.89. The molecule has 4 rings (SSSR count). The van der Waals surface area contributed by atoms with Crippen LogP contribution in [0.5, 0.6) is 0 Å². The standard InChI is InChI=1S/C25H30N2O2S2/c1-4-18-9-12-22-23(14-18)31-25(26-22)27(16-20-6-5-13-29-20)24(28)15-19-7-10-21(11-8-19)30-17(2)3/h7-12,14,17,20H,4-6,13,15-16H2,1-3H3. The molecule has 1 unspecified atom stereocenters. The number of benzene rings is 2. The van der Waals surface area contributed by atoms with Crippen molar-refractivity contribution in [1.82, 2.24) is 4.98 Å². The molecule has 3 aromatic rings. The van der Waals surface area contributed by atoms with Crippen molar-refractivity contribution >= 4 is 44.4 Å². The van der Waals surface area contributed by atoms with Crippen molar-refractivity contribution in [2.75, 3.05) is 18.1 Å². The van der Waals surface area contributed by atoms with Gasteiger partial charge < -0.3 is 4.74 Å². The molecule has 1 fully saturated rings. The Morgan fingerprint density at radius 3 is 2.68 bits per heavy atom. The molecule has 1 atom stereocenters. The zero-order valence-electron chi connectivity index (χ0n) is 18.5. The second kappa shape index (κ2) is 10.2. The summed E-state index contributed by atoms with van der Waals surface area (Å²) in [5, 5.41) is 1.32. The van der Waals surface area contributed by atoms with E-state index in [4.69, 9.17) is 9.72 Å². The molecule has 1 amide bonds. The zero-order chi connectivity index (χ0) is 21.8. The van der Waals surface area contributed by atoms with Gasteiger partial charge in [0.05, 0.1) is 29.3 Å². The lowest BCUT2D eigenvalue weighted by Crippen LogP contribution is -2.38. The van der Waals surface area contributed by atoms with E-state index in [1.807, 2.05) is 16.7 Å². The summed E-state index contributed by atoms with van der Waals surface area (Å²) in [4.78, 5) is 21.3. The van der Waals surface area contributed by atoms with Crippen LogP contribution in [0.1, 0.15) is 44.7 Å². The Labute approximate surface area is 193 Å². The van der Waals surface area contributed by atoms with Gasteiger partial charge in [-0.15, -0.1) is 11.8 Å². The van der Waals surface area contributed by atoms with Gasteiger partial charge in [0.2, 0.25) is 5.91 Å².